The third kappa shape index (κ3) is 3.60. The van der Waals surface area contributed by atoms with E-state index in [0.29, 0.717) is 0 Å². The summed E-state index contributed by atoms with van der Waals surface area (Å²) in [6, 6.07) is 4.49. The largest absolute Gasteiger partial charge is 0.460 e. The molecular formula is C16H13F13O. The Morgan fingerprint density at radius 3 is 1.47 bits per heavy atom. The summed E-state index contributed by atoms with van der Waals surface area (Å²) in [7, 11) is 0. The normalized spacial score (nSPS) is 17.1. The zero-order valence-electron chi connectivity index (χ0n) is 14.8. The monoisotopic (exact) mass is 468 g/mol. The van der Waals surface area contributed by atoms with Crippen LogP contribution < -0.4 is 0 Å². The van der Waals surface area contributed by atoms with Crippen LogP contribution >= 0.6 is 0 Å². The average molecular weight is 468 g/mol. The van der Waals surface area contributed by atoms with Gasteiger partial charge in [-0.3, -0.25) is 0 Å². The predicted molar refractivity (Wildman–Crippen MR) is 76.1 cm³/mol. The summed E-state index contributed by atoms with van der Waals surface area (Å²) in [5.74, 6) is -40.7. The maximum absolute atomic E-state index is 14.1. The van der Waals surface area contributed by atoms with Crippen molar-refractivity contribution in [3.63, 3.8) is 0 Å². The number of hydrogen-bond donors (Lipinski definition) is 1. The molecule has 1 rings (SSSR count). The summed E-state index contributed by atoms with van der Waals surface area (Å²) in [5.41, 5.74) is -0.534. The third-order valence-electron chi connectivity index (χ3n) is 4.51. The van der Waals surface area contributed by atoms with Gasteiger partial charge in [0.05, 0.1) is 12.0 Å². The molecule has 0 aliphatic carbocycles. The van der Waals surface area contributed by atoms with Gasteiger partial charge in [0.25, 0.3) is 0 Å². The van der Waals surface area contributed by atoms with Crippen molar-refractivity contribution in [3.8, 4) is 0 Å². The highest BCUT2D eigenvalue weighted by molar-refractivity contribution is 5.28. The highest BCUT2D eigenvalue weighted by Crippen LogP contribution is 2.62. The van der Waals surface area contributed by atoms with Crippen LogP contribution in [0.25, 0.3) is 0 Å². The topological polar surface area (TPSA) is 20.2 Å². The van der Waals surface area contributed by atoms with Crippen molar-refractivity contribution in [1.82, 2.24) is 0 Å². The highest BCUT2D eigenvalue weighted by Gasteiger charge is 2.91. The maximum atomic E-state index is 14.1. The van der Waals surface area contributed by atoms with Gasteiger partial charge >= 0.3 is 35.8 Å². The number of alkyl halides is 13. The third-order valence-corrected chi connectivity index (χ3v) is 4.51. The average Bonchev–Trinajstić information content (AvgIpc) is 2.59. The first kappa shape index (κ1) is 26.3. The van der Waals surface area contributed by atoms with Gasteiger partial charge in [-0.05, 0) is 18.1 Å². The lowest BCUT2D eigenvalue weighted by atomic mass is 9.83. The molecule has 0 aliphatic heterocycles. The van der Waals surface area contributed by atoms with E-state index >= 15 is 0 Å². The lowest BCUT2D eigenvalue weighted by molar-refractivity contribution is -0.444. The van der Waals surface area contributed by atoms with Crippen LogP contribution in [0.15, 0.2) is 24.3 Å². The molecule has 1 aromatic carbocycles. The standard InChI is InChI=1S/C16H13F13O/c1-7-5-3-4-6-9(7)10(30)8(2)11(17,18)12(19,20)13(21,22)14(23,24)15(25,26)16(27,28)29/h3-6,8,10,30H,1-2H3. The zero-order valence-corrected chi connectivity index (χ0v) is 14.8. The van der Waals surface area contributed by atoms with Crippen molar-refractivity contribution in [2.45, 2.75) is 55.7 Å². The van der Waals surface area contributed by atoms with Gasteiger partial charge in [-0.1, -0.05) is 31.2 Å². The second kappa shape index (κ2) is 7.45. The Morgan fingerprint density at radius 2 is 1.07 bits per heavy atom. The van der Waals surface area contributed by atoms with Gasteiger partial charge in [0.2, 0.25) is 0 Å². The van der Waals surface area contributed by atoms with Crippen molar-refractivity contribution in [2.75, 3.05) is 0 Å². The molecule has 1 N–H and O–H groups in total. The molecule has 14 heteroatoms. The minimum absolute atomic E-state index is 0.0150. The molecule has 0 aromatic heterocycles. The van der Waals surface area contributed by atoms with E-state index < -0.39 is 53.4 Å². The molecule has 1 nitrogen and oxygen atoms in total. The summed E-state index contributed by atoms with van der Waals surface area (Å²) in [6.07, 6.45) is -10.2. The second-order valence-corrected chi connectivity index (χ2v) is 6.51. The molecule has 2 unspecified atom stereocenters. The van der Waals surface area contributed by atoms with Gasteiger partial charge in [-0.15, -0.1) is 0 Å². The summed E-state index contributed by atoms with van der Waals surface area (Å²) < 4.78 is 171. The lowest BCUT2D eigenvalue weighted by Gasteiger charge is -2.42. The first-order valence-electron chi connectivity index (χ1n) is 7.78. The van der Waals surface area contributed by atoms with Gasteiger partial charge in [0.15, 0.2) is 0 Å². The summed E-state index contributed by atoms with van der Waals surface area (Å²) >= 11 is 0. The molecule has 0 heterocycles. The lowest BCUT2D eigenvalue weighted by Crippen LogP contribution is -2.71. The molecule has 0 amide bonds. The molecule has 0 saturated heterocycles. The van der Waals surface area contributed by atoms with E-state index in [4.69, 9.17) is 0 Å². The molecule has 0 aliphatic rings. The molecule has 0 fully saturated rings. The van der Waals surface area contributed by atoms with E-state index in [1.54, 1.807) is 0 Å². The van der Waals surface area contributed by atoms with Crippen molar-refractivity contribution < 1.29 is 62.2 Å². The molecule has 0 spiro atoms. The van der Waals surface area contributed by atoms with Crippen LogP contribution in [0.5, 0.6) is 0 Å². The minimum atomic E-state index is -7.96. The zero-order chi connectivity index (χ0) is 24.1. The fourth-order valence-electron chi connectivity index (χ4n) is 2.45. The van der Waals surface area contributed by atoms with Gasteiger partial charge in [0.1, 0.15) is 0 Å². The van der Waals surface area contributed by atoms with Crippen LogP contribution in [0.3, 0.4) is 0 Å². The summed E-state index contributed by atoms with van der Waals surface area (Å²) in [4.78, 5) is 0. The Kier molecular flexibility index (Phi) is 6.53. The Labute approximate surface area is 160 Å². The number of aryl methyl sites for hydroxylation is 1. The van der Waals surface area contributed by atoms with Crippen LogP contribution in [0.4, 0.5) is 57.1 Å². The molecule has 174 valence electrons. The first-order chi connectivity index (χ1) is 13.1. The van der Waals surface area contributed by atoms with Gasteiger partial charge in [0, 0.05) is 0 Å². The molecule has 0 radical (unpaired) electrons. The molecule has 0 saturated carbocycles. The molecule has 2 atom stereocenters. The van der Waals surface area contributed by atoms with Crippen molar-refractivity contribution in [2.24, 2.45) is 5.92 Å². The van der Waals surface area contributed by atoms with E-state index in [1.165, 1.54) is 19.1 Å². The number of aliphatic hydroxyl groups excluding tert-OH is 1. The fourth-order valence-corrected chi connectivity index (χ4v) is 2.45. The van der Waals surface area contributed by atoms with Crippen molar-refractivity contribution in [1.29, 1.82) is 0 Å². The van der Waals surface area contributed by atoms with Gasteiger partial charge < -0.3 is 5.11 Å². The van der Waals surface area contributed by atoms with Crippen LogP contribution in [0, 0.1) is 12.8 Å². The van der Waals surface area contributed by atoms with Gasteiger partial charge in [-0.2, -0.15) is 57.1 Å². The molecule has 1 aromatic rings. The fraction of sp³-hybridized carbons (Fsp3) is 0.625. The summed E-state index contributed by atoms with van der Waals surface area (Å²) in [6.45, 7) is 1.19. The minimum Gasteiger partial charge on any atom is -0.388 e. The summed E-state index contributed by atoms with van der Waals surface area (Å²) in [5, 5.41) is 9.85. The first-order valence-corrected chi connectivity index (χ1v) is 7.78. The predicted octanol–water partition coefficient (Wildman–Crippen LogP) is 6.40. The quantitative estimate of drug-likeness (QED) is 0.459. The maximum Gasteiger partial charge on any atom is 0.460 e. The van der Waals surface area contributed by atoms with Gasteiger partial charge in [-0.25, -0.2) is 0 Å². The van der Waals surface area contributed by atoms with E-state index in [-0.39, 0.29) is 12.5 Å². The van der Waals surface area contributed by atoms with E-state index in [1.807, 2.05) is 0 Å². The Morgan fingerprint density at radius 1 is 0.667 bits per heavy atom. The molecule has 30 heavy (non-hydrogen) atoms. The van der Waals surface area contributed by atoms with E-state index in [0.717, 1.165) is 12.1 Å². The Bertz CT molecular complexity index is 754. The van der Waals surface area contributed by atoms with E-state index in [2.05, 4.69) is 0 Å². The Hall–Kier alpha value is -1.73. The van der Waals surface area contributed by atoms with Crippen molar-refractivity contribution >= 4 is 0 Å². The number of hydrogen-bond acceptors (Lipinski definition) is 1. The van der Waals surface area contributed by atoms with Crippen LogP contribution in [0.2, 0.25) is 0 Å². The number of rotatable bonds is 7. The second-order valence-electron chi connectivity index (χ2n) is 6.51. The smallest absolute Gasteiger partial charge is 0.388 e. The molecular weight excluding hydrogens is 455 g/mol. The number of benzene rings is 1. The Balaban J connectivity index is 3.50. The van der Waals surface area contributed by atoms with Crippen LogP contribution in [-0.4, -0.2) is 40.9 Å². The van der Waals surface area contributed by atoms with Crippen LogP contribution in [0.1, 0.15) is 24.2 Å². The highest BCUT2D eigenvalue weighted by atomic mass is 19.4. The van der Waals surface area contributed by atoms with E-state index in [9.17, 15) is 62.2 Å². The number of halogens is 13. The van der Waals surface area contributed by atoms with Crippen LogP contribution in [-0.2, 0) is 0 Å². The SMILES string of the molecule is Cc1ccccc1C(O)C(C)C(F)(F)C(F)(F)C(F)(F)C(F)(F)C(F)(F)C(F)(F)F. The van der Waals surface area contributed by atoms with Crippen molar-refractivity contribution in [3.05, 3.63) is 35.4 Å². The molecule has 0 bridgehead atoms. The number of aliphatic hydroxyl groups is 1.